The van der Waals surface area contributed by atoms with Gasteiger partial charge in [-0.1, -0.05) is 12.1 Å². The summed E-state index contributed by atoms with van der Waals surface area (Å²) in [4.78, 5) is 26.9. The fourth-order valence-corrected chi connectivity index (χ4v) is 3.13. The third-order valence-corrected chi connectivity index (χ3v) is 4.37. The lowest BCUT2D eigenvalue weighted by Crippen LogP contribution is -2.35. The summed E-state index contributed by atoms with van der Waals surface area (Å²) >= 11 is 0. The molecule has 6 nitrogen and oxygen atoms in total. The molecule has 0 bridgehead atoms. The van der Waals surface area contributed by atoms with E-state index >= 15 is 0 Å². The van der Waals surface area contributed by atoms with Gasteiger partial charge in [-0.05, 0) is 43.2 Å². The predicted octanol–water partition coefficient (Wildman–Crippen LogP) is 2.98. The molecule has 0 unspecified atom stereocenters. The van der Waals surface area contributed by atoms with Crippen molar-refractivity contribution < 1.29 is 23.8 Å². The third-order valence-electron chi connectivity index (χ3n) is 4.37. The van der Waals surface area contributed by atoms with Gasteiger partial charge in [-0.15, -0.1) is 0 Å². The molecule has 0 aromatic carbocycles. The number of nitrogens with zero attached hydrogens (tertiary/aromatic N) is 1. The van der Waals surface area contributed by atoms with E-state index in [4.69, 9.17) is 14.2 Å². The minimum absolute atomic E-state index is 0.276. The van der Waals surface area contributed by atoms with Crippen LogP contribution in [0.1, 0.15) is 34.6 Å². The number of rotatable bonds is 5. The number of esters is 2. The van der Waals surface area contributed by atoms with E-state index < -0.39 is 11.9 Å². The summed E-state index contributed by atoms with van der Waals surface area (Å²) < 4.78 is 15.7. The number of fused-ring (bicyclic) bond motifs is 1. The number of ether oxygens (including phenoxy) is 3. The van der Waals surface area contributed by atoms with Crippen molar-refractivity contribution in [1.82, 2.24) is 0 Å². The Bertz CT molecular complexity index is 714. The van der Waals surface area contributed by atoms with Crippen LogP contribution in [0.4, 0.5) is 5.69 Å². The standard InChI is InChI=1S/C20H23NO5/c1-3-25-19(22)17-13-18(20(23)26-4-2)16-8-6-14(5-7-15(16)17)21-9-11-24-12-10-21/h5-8,13H,3-4,9-12H2,1-2H3. The van der Waals surface area contributed by atoms with Crippen LogP contribution in [-0.4, -0.2) is 51.5 Å². The van der Waals surface area contributed by atoms with Gasteiger partial charge in [-0.3, -0.25) is 0 Å². The first-order valence-corrected chi connectivity index (χ1v) is 8.89. The van der Waals surface area contributed by atoms with E-state index in [1.807, 2.05) is 24.3 Å². The molecule has 2 aliphatic carbocycles. The quantitative estimate of drug-likeness (QED) is 0.767. The molecule has 0 amide bonds. The average Bonchev–Trinajstić information content (AvgIpc) is 2.88. The van der Waals surface area contributed by atoms with Crippen molar-refractivity contribution in [3.8, 4) is 11.1 Å². The van der Waals surface area contributed by atoms with E-state index in [1.165, 1.54) is 0 Å². The summed E-state index contributed by atoms with van der Waals surface area (Å²) in [5, 5.41) is 0. The molecule has 26 heavy (non-hydrogen) atoms. The molecular weight excluding hydrogens is 334 g/mol. The van der Waals surface area contributed by atoms with Crippen LogP contribution < -0.4 is 4.90 Å². The number of hydrogen-bond donors (Lipinski definition) is 0. The van der Waals surface area contributed by atoms with Crippen LogP contribution in [0.5, 0.6) is 0 Å². The Hall–Kier alpha value is -2.60. The van der Waals surface area contributed by atoms with Gasteiger partial charge in [-0.25, -0.2) is 9.59 Å². The van der Waals surface area contributed by atoms with Gasteiger partial charge in [0, 0.05) is 18.8 Å². The SMILES string of the molecule is CCOC(=O)c1cc(C(=O)OCC)c2ccc(N3CCOCC3)ccc1-2. The molecule has 0 radical (unpaired) electrons. The first-order chi connectivity index (χ1) is 12.7. The second-order valence-corrected chi connectivity index (χ2v) is 5.93. The summed E-state index contributed by atoms with van der Waals surface area (Å²) in [6.07, 6.45) is 0. The molecule has 3 rings (SSSR count). The van der Waals surface area contributed by atoms with Crippen LogP contribution in [0.15, 0.2) is 30.3 Å². The molecule has 6 heteroatoms. The number of carbonyl (C=O) groups excluding carboxylic acids is 2. The van der Waals surface area contributed by atoms with Crippen LogP contribution in [-0.2, 0) is 14.2 Å². The number of carbonyl (C=O) groups is 2. The largest absolute Gasteiger partial charge is 0.462 e. The van der Waals surface area contributed by atoms with Gasteiger partial charge in [-0.2, -0.15) is 0 Å². The van der Waals surface area contributed by atoms with Crippen molar-refractivity contribution in [3.63, 3.8) is 0 Å². The summed E-state index contributed by atoms with van der Waals surface area (Å²) in [5.41, 5.74) is 3.16. The molecule has 0 spiro atoms. The number of morpholine rings is 1. The fourth-order valence-electron chi connectivity index (χ4n) is 3.13. The van der Waals surface area contributed by atoms with Gasteiger partial charge in [0.05, 0.1) is 37.6 Å². The Morgan fingerprint density at radius 1 is 0.923 bits per heavy atom. The topological polar surface area (TPSA) is 65.1 Å². The molecule has 0 aromatic heterocycles. The number of anilines is 1. The van der Waals surface area contributed by atoms with Crippen molar-refractivity contribution in [2.24, 2.45) is 0 Å². The van der Waals surface area contributed by atoms with Gasteiger partial charge in [0.2, 0.25) is 0 Å². The highest BCUT2D eigenvalue weighted by Gasteiger charge is 2.25. The molecule has 0 aromatic rings. The summed E-state index contributed by atoms with van der Waals surface area (Å²) in [6, 6.07) is 9.23. The first kappa shape index (κ1) is 18.2. The Morgan fingerprint density at radius 3 is 1.88 bits per heavy atom. The minimum Gasteiger partial charge on any atom is -0.462 e. The molecular formula is C20H23NO5. The summed E-state index contributed by atoms with van der Waals surface area (Å²) in [7, 11) is 0. The maximum Gasteiger partial charge on any atom is 0.338 e. The highest BCUT2D eigenvalue weighted by atomic mass is 16.5. The Kier molecular flexibility index (Phi) is 5.73. The van der Waals surface area contributed by atoms with Gasteiger partial charge >= 0.3 is 11.9 Å². The molecule has 138 valence electrons. The van der Waals surface area contributed by atoms with Gasteiger partial charge in [0.25, 0.3) is 0 Å². The second-order valence-electron chi connectivity index (χ2n) is 5.93. The van der Waals surface area contributed by atoms with Crippen LogP contribution in [0.2, 0.25) is 0 Å². The zero-order valence-electron chi connectivity index (χ0n) is 15.1. The van der Waals surface area contributed by atoms with Gasteiger partial charge in [0.15, 0.2) is 0 Å². The zero-order chi connectivity index (χ0) is 18.5. The molecule has 1 saturated heterocycles. The Morgan fingerprint density at radius 2 is 1.42 bits per heavy atom. The molecule has 3 aliphatic rings. The normalized spacial score (nSPS) is 14.3. The summed E-state index contributed by atoms with van der Waals surface area (Å²) in [6.45, 7) is 7.06. The zero-order valence-corrected chi connectivity index (χ0v) is 15.1. The molecule has 1 heterocycles. The lowest BCUT2D eigenvalue weighted by Gasteiger charge is -2.28. The molecule has 0 saturated carbocycles. The number of hydrogen-bond acceptors (Lipinski definition) is 6. The summed E-state index contributed by atoms with van der Waals surface area (Å²) in [5.74, 6) is -0.876. The third kappa shape index (κ3) is 3.65. The lowest BCUT2D eigenvalue weighted by atomic mass is 10.1. The van der Waals surface area contributed by atoms with Gasteiger partial charge < -0.3 is 19.1 Å². The molecule has 0 atom stereocenters. The monoisotopic (exact) mass is 357 g/mol. The maximum absolute atomic E-state index is 12.3. The van der Waals surface area contributed by atoms with Crippen molar-refractivity contribution in [2.45, 2.75) is 13.8 Å². The molecule has 1 aliphatic heterocycles. The first-order valence-electron chi connectivity index (χ1n) is 8.89. The highest BCUT2D eigenvalue weighted by Crippen LogP contribution is 2.34. The van der Waals surface area contributed by atoms with Crippen molar-refractivity contribution >= 4 is 17.6 Å². The van der Waals surface area contributed by atoms with E-state index in [-0.39, 0.29) is 13.2 Å². The smallest absolute Gasteiger partial charge is 0.338 e. The predicted molar refractivity (Wildman–Crippen MR) is 98.0 cm³/mol. The minimum atomic E-state index is -0.438. The van der Waals surface area contributed by atoms with Gasteiger partial charge in [0.1, 0.15) is 0 Å². The van der Waals surface area contributed by atoms with Crippen LogP contribution >= 0.6 is 0 Å². The highest BCUT2D eigenvalue weighted by molar-refractivity contribution is 6.08. The lowest BCUT2D eigenvalue weighted by molar-refractivity contribution is 0.0525. The van der Waals surface area contributed by atoms with E-state index in [0.717, 1.165) is 18.8 Å². The second kappa shape index (κ2) is 8.19. The fraction of sp³-hybridized carbons (Fsp3) is 0.400. The molecule has 0 N–H and O–H groups in total. The van der Waals surface area contributed by atoms with E-state index in [0.29, 0.717) is 35.5 Å². The van der Waals surface area contributed by atoms with Crippen molar-refractivity contribution in [1.29, 1.82) is 0 Å². The van der Waals surface area contributed by atoms with E-state index in [2.05, 4.69) is 4.90 Å². The van der Waals surface area contributed by atoms with Crippen molar-refractivity contribution in [3.05, 3.63) is 41.5 Å². The molecule has 1 fully saturated rings. The van der Waals surface area contributed by atoms with Crippen molar-refractivity contribution in [2.75, 3.05) is 44.4 Å². The Balaban J connectivity index is 2.06. The van der Waals surface area contributed by atoms with E-state index in [1.54, 1.807) is 19.9 Å². The Labute approximate surface area is 153 Å². The average molecular weight is 357 g/mol. The van der Waals surface area contributed by atoms with E-state index in [9.17, 15) is 9.59 Å². The van der Waals surface area contributed by atoms with Crippen LogP contribution in [0.25, 0.3) is 11.1 Å². The maximum atomic E-state index is 12.3. The van der Waals surface area contributed by atoms with Crippen LogP contribution in [0, 0.1) is 0 Å². The van der Waals surface area contributed by atoms with Crippen LogP contribution in [0.3, 0.4) is 0 Å².